The number of carbonyl (C=O) groups excluding carboxylic acids is 3. The number of anilines is 1. The SMILES string of the molecule is O=C(Nc1ccc(C2CCN(C(=O)c3ccc4n[nH]c(C(F)(F)F)c4c3)CC2)cc1)C(=O)c1ccccc1. The van der Waals surface area contributed by atoms with Crippen LogP contribution in [-0.4, -0.2) is 45.8 Å². The topological polar surface area (TPSA) is 95.2 Å². The number of amides is 2. The van der Waals surface area contributed by atoms with Gasteiger partial charge in [-0.1, -0.05) is 42.5 Å². The zero-order valence-corrected chi connectivity index (χ0v) is 20.1. The quantitative estimate of drug-likeness (QED) is 0.271. The van der Waals surface area contributed by atoms with Crippen molar-refractivity contribution < 1.29 is 27.6 Å². The van der Waals surface area contributed by atoms with Gasteiger partial charge in [-0.2, -0.15) is 18.3 Å². The fraction of sp³-hybridized carbons (Fsp3) is 0.214. The summed E-state index contributed by atoms with van der Waals surface area (Å²) in [6.07, 6.45) is -3.22. The highest BCUT2D eigenvalue weighted by molar-refractivity contribution is 6.46. The van der Waals surface area contributed by atoms with Crippen LogP contribution in [0.1, 0.15) is 50.7 Å². The van der Waals surface area contributed by atoms with Gasteiger partial charge in [0.2, 0.25) is 0 Å². The van der Waals surface area contributed by atoms with Crippen LogP contribution in [0.4, 0.5) is 18.9 Å². The Morgan fingerprint density at radius 2 is 1.58 bits per heavy atom. The van der Waals surface area contributed by atoms with Gasteiger partial charge >= 0.3 is 6.18 Å². The molecule has 1 aliphatic heterocycles. The summed E-state index contributed by atoms with van der Waals surface area (Å²) >= 11 is 0. The normalized spacial score (nSPS) is 14.4. The molecule has 10 heteroatoms. The molecule has 2 amide bonds. The number of fused-ring (bicyclic) bond motifs is 1. The van der Waals surface area contributed by atoms with Crippen molar-refractivity contribution in [2.45, 2.75) is 24.9 Å². The van der Waals surface area contributed by atoms with Crippen LogP contribution >= 0.6 is 0 Å². The second-order valence-electron chi connectivity index (χ2n) is 9.17. The lowest BCUT2D eigenvalue weighted by Gasteiger charge is -2.32. The summed E-state index contributed by atoms with van der Waals surface area (Å²) in [7, 11) is 0. The molecule has 1 saturated heterocycles. The first-order valence-corrected chi connectivity index (χ1v) is 12.1. The van der Waals surface area contributed by atoms with E-state index in [0.717, 1.165) is 5.56 Å². The highest BCUT2D eigenvalue weighted by Crippen LogP contribution is 2.34. The van der Waals surface area contributed by atoms with Gasteiger partial charge in [0.1, 0.15) is 5.69 Å². The number of benzene rings is 3. The average Bonchev–Trinajstić information content (AvgIpc) is 3.37. The van der Waals surface area contributed by atoms with Crippen molar-refractivity contribution in [3.05, 3.63) is 95.2 Å². The van der Waals surface area contributed by atoms with E-state index in [2.05, 4.69) is 10.4 Å². The summed E-state index contributed by atoms with van der Waals surface area (Å²) in [5.74, 6) is -1.47. The molecule has 1 aliphatic rings. The summed E-state index contributed by atoms with van der Waals surface area (Å²) in [4.78, 5) is 39.2. The molecule has 3 aromatic carbocycles. The van der Waals surface area contributed by atoms with Crippen LogP contribution in [0.3, 0.4) is 0 Å². The lowest BCUT2D eigenvalue weighted by molar-refractivity contribution is -0.139. The molecule has 1 fully saturated rings. The van der Waals surface area contributed by atoms with Crippen LogP contribution in [-0.2, 0) is 11.0 Å². The number of rotatable bonds is 5. The van der Waals surface area contributed by atoms with E-state index < -0.39 is 23.6 Å². The van der Waals surface area contributed by atoms with Crippen molar-refractivity contribution >= 4 is 34.2 Å². The smallest absolute Gasteiger partial charge is 0.339 e. The van der Waals surface area contributed by atoms with E-state index in [-0.39, 0.29) is 28.3 Å². The van der Waals surface area contributed by atoms with E-state index in [9.17, 15) is 27.6 Å². The molecule has 0 radical (unpaired) electrons. The summed E-state index contributed by atoms with van der Waals surface area (Å²) in [5, 5.41) is 8.17. The molecule has 2 N–H and O–H groups in total. The molecule has 5 rings (SSSR count). The van der Waals surface area contributed by atoms with Gasteiger partial charge < -0.3 is 10.2 Å². The van der Waals surface area contributed by atoms with E-state index >= 15 is 0 Å². The third-order valence-electron chi connectivity index (χ3n) is 6.75. The Bertz CT molecular complexity index is 1490. The number of aromatic nitrogens is 2. The van der Waals surface area contributed by atoms with Crippen LogP contribution in [0.5, 0.6) is 0 Å². The van der Waals surface area contributed by atoms with Crippen LogP contribution < -0.4 is 5.32 Å². The van der Waals surface area contributed by atoms with Gasteiger partial charge in [-0.05, 0) is 54.7 Å². The Morgan fingerprint density at radius 1 is 0.895 bits per heavy atom. The van der Waals surface area contributed by atoms with Crippen LogP contribution in [0.15, 0.2) is 72.8 Å². The van der Waals surface area contributed by atoms with Gasteiger partial charge in [-0.15, -0.1) is 0 Å². The molecule has 38 heavy (non-hydrogen) atoms. The number of nitrogens with zero attached hydrogens (tertiary/aromatic N) is 2. The molecule has 2 heterocycles. The first-order chi connectivity index (χ1) is 18.2. The van der Waals surface area contributed by atoms with Gasteiger partial charge in [0.15, 0.2) is 0 Å². The summed E-state index contributed by atoms with van der Waals surface area (Å²) in [6, 6.07) is 19.7. The van der Waals surface area contributed by atoms with Crippen molar-refractivity contribution in [1.82, 2.24) is 15.1 Å². The number of nitrogens with one attached hydrogen (secondary N) is 2. The van der Waals surface area contributed by atoms with Crippen molar-refractivity contribution in [3.63, 3.8) is 0 Å². The minimum absolute atomic E-state index is 0.129. The fourth-order valence-electron chi connectivity index (χ4n) is 4.70. The highest BCUT2D eigenvalue weighted by atomic mass is 19.4. The highest BCUT2D eigenvalue weighted by Gasteiger charge is 2.35. The van der Waals surface area contributed by atoms with E-state index in [0.29, 0.717) is 37.2 Å². The number of aromatic amines is 1. The molecule has 194 valence electrons. The molecule has 0 bridgehead atoms. The van der Waals surface area contributed by atoms with Crippen molar-refractivity contribution in [1.29, 1.82) is 0 Å². The number of likely N-dealkylation sites (tertiary alicyclic amines) is 1. The number of H-pyrrole nitrogens is 1. The molecule has 0 atom stereocenters. The second-order valence-corrected chi connectivity index (χ2v) is 9.17. The maximum Gasteiger partial charge on any atom is 0.433 e. The predicted molar refractivity (Wildman–Crippen MR) is 135 cm³/mol. The Labute approximate surface area is 215 Å². The molecule has 7 nitrogen and oxygen atoms in total. The minimum atomic E-state index is -4.59. The number of hydrogen-bond acceptors (Lipinski definition) is 4. The van der Waals surface area contributed by atoms with Gasteiger partial charge in [0.25, 0.3) is 17.6 Å². The van der Waals surface area contributed by atoms with Crippen molar-refractivity contribution in [2.24, 2.45) is 0 Å². The van der Waals surface area contributed by atoms with Crippen LogP contribution in [0.25, 0.3) is 10.9 Å². The van der Waals surface area contributed by atoms with E-state index in [1.165, 1.54) is 18.2 Å². The maximum absolute atomic E-state index is 13.2. The third kappa shape index (κ3) is 5.15. The molecule has 1 aromatic heterocycles. The Morgan fingerprint density at radius 3 is 2.24 bits per heavy atom. The van der Waals surface area contributed by atoms with Crippen LogP contribution in [0.2, 0.25) is 0 Å². The van der Waals surface area contributed by atoms with E-state index in [1.807, 2.05) is 17.2 Å². The summed E-state index contributed by atoms with van der Waals surface area (Å²) < 4.78 is 39.7. The third-order valence-corrected chi connectivity index (χ3v) is 6.75. The second kappa shape index (κ2) is 10.1. The standard InChI is InChI=1S/C28H23F3N4O3/c29-28(30,31)25-22-16-20(8-11-23(22)33-34-25)27(38)35-14-12-18(13-15-35)17-6-9-21(10-7-17)32-26(37)24(36)19-4-2-1-3-5-19/h1-11,16,18H,12-15H2,(H,32,37)(H,33,34). The Kier molecular flexibility index (Phi) is 6.71. The molecular formula is C28H23F3N4O3. The predicted octanol–water partition coefficient (Wildman–Crippen LogP) is 5.42. The first-order valence-electron chi connectivity index (χ1n) is 12.1. The maximum atomic E-state index is 13.2. The van der Waals surface area contributed by atoms with Crippen LogP contribution in [0, 0.1) is 0 Å². The number of halogens is 3. The van der Waals surface area contributed by atoms with Crippen molar-refractivity contribution in [3.8, 4) is 0 Å². The number of hydrogen-bond donors (Lipinski definition) is 2. The molecule has 0 saturated carbocycles. The summed E-state index contributed by atoms with van der Waals surface area (Å²) in [6.45, 7) is 0.923. The van der Waals surface area contributed by atoms with E-state index in [1.54, 1.807) is 47.4 Å². The van der Waals surface area contributed by atoms with Gasteiger partial charge in [0, 0.05) is 35.3 Å². The minimum Gasteiger partial charge on any atom is -0.339 e. The molecule has 4 aromatic rings. The average molecular weight is 521 g/mol. The van der Waals surface area contributed by atoms with Gasteiger partial charge in [0.05, 0.1) is 5.52 Å². The molecule has 0 unspecified atom stereocenters. The number of carbonyl (C=O) groups is 3. The van der Waals surface area contributed by atoms with E-state index in [4.69, 9.17) is 0 Å². The molecule has 0 aliphatic carbocycles. The zero-order valence-electron chi connectivity index (χ0n) is 20.1. The number of Topliss-reactive ketones (excluding diaryl/α,β-unsaturated/α-hetero) is 1. The number of ketones is 1. The largest absolute Gasteiger partial charge is 0.433 e. The fourth-order valence-corrected chi connectivity index (χ4v) is 4.70. The number of alkyl halides is 3. The lowest BCUT2D eigenvalue weighted by Crippen LogP contribution is -2.37. The molecular weight excluding hydrogens is 497 g/mol. The Balaban J connectivity index is 1.19. The lowest BCUT2D eigenvalue weighted by atomic mass is 9.89. The monoisotopic (exact) mass is 520 g/mol. The first kappa shape index (κ1) is 25.2. The van der Waals surface area contributed by atoms with Gasteiger partial charge in [-0.3, -0.25) is 19.5 Å². The zero-order chi connectivity index (χ0) is 26.9. The molecule has 0 spiro atoms. The van der Waals surface area contributed by atoms with Gasteiger partial charge in [-0.25, -0.2) is 0 Å². The Hall–Kier alpha value is -4.47. The van der Waals surface area contributed by atoms with Crippen molar-refractivity contribution in [2.75, 3.05) is 18.4 Å². The number of piperidine rings is 1. The summed E-state index contributed by atoms with van der Waals surface area (Å²) in [5.41, 5.74) is 1.23.